The van der Waals surface area contributed by atoms with Crippen molar-refractivity contribution in [1.82, 2.24) is 5.32 Å². The Labute approximate surface area is 117 Å². The first-order chi connectivity index (χ1) is 9.31. The molecular formula is C14H19N3O3. The topological polar surface area (TPSA) is 101 Å². The van der Waals surface area contributed by atoms with E-state index in [1.807, 2.05) is 0 Å². The lowest BCUT2D eigenvalue weighted by molar-refractivity contribution is -0.118. The summed E-state index contributed by atoms with van der Waals surface area (Å²) in [5, 5.41) is 5.06. The maximum atomic E-state index is 12.1. The van der Waals surface area contributed by atoms with Crippen LogP contribution in [-0.4, -0.2) is 23.8 Å². The van der Waals surface area contributed by atoms with Crippen molar-refractivity contribution in [3.05, 3.63) is 29.8 Å². The van der Waals surface area contributed by atoms with Crippen molar-refractivity contribution in [3.8, 4) is 0 Å². The van der Waals surface area contributed by atoms with Crippen LogP contribution in [0.4, 0.5) is 10.5 Å². The Bertz CT molecular complexity index is 526. The number of nitrogens with two attached hydrogens (primary N) is 1. The minimum absolute atomic E-state index is 0.0863. The third-order valence-electron chi connectivity index (χ3n) is 2.78. The number of ketones is 1. The molecule has 1 atom stereocenters. The third-order valence-corrected chi connectivity index (χ3v) is 2.78. The minimum atomic E-state index is -0.753. The largest absolute Gasteiger partial charge is 0.352 e. The molecule has 0 aromatic heterocycles. The van der Waals surface area contributed by atoms with E-state index >= 15 is 0 Å². The van der Waals surface area contributed by atoms with Crippen LogP contribution in [0.1, 0.15) is 31.1 Å². The van der Waals surface area contributed by atoms with Gasteiger partial charge < -0.3 is 16.4 Å². The van der Waals surface area contributed by atoms with E-state index < -0.39 is 12.1 Å². The average molecular weight is 277 g/mol. The molecule has 0 spiro atoms. The maximum Gasteiger partial charge on any atom is 0.312 e. The van der Waals surface area contributed by atoms with Crippen molar-refractivity contribution in [2.45, 2.75) is 26.8 Å². The summed E-state index contributed by atoms with van der Waals surface area (Å²) in [6, 6.07) is 5.12. The van der Waals surface area contributed by atoms with Gasteiger partial charge in [-0.15, -0.1) is 0 Å². The molecule has 0 saturated heterocycles. The van der Waals surface area contributed by atoms with E-state index in [2.05, 4.69) is 10.6 Å². The van der Waals surface area contributed by atoms with Crippen molar-refractivity contribution < 1.29 is 14.4 Å². The molecule has 0 heterocycles. The first kappa shape index (κ1) is 15.7. The van der Waals surface area contributed by atoms with Gasteiger partial charge in [0.05, 0.1) is 0 Å². The van der Waals surface area contributed by atoms with Gasteiger partial charge in [-0.3, -0.25) is 9.59 Å². The Hall–Kier alpha value is -2.37. The van der Waals surface area contributed by atoms with Crippen molar-refractivity contribution in [3.63, 3.8) is 0 Å². The van der Waals surface area contributed by atoms with Crippen LogP contribution in [0.25, 0.3) is 0 Å². The van der Waals surface area contributed by atoms with Gasteiger partial charge in [-0.25, -0.2) is 4.79 Å². The molecule has 6 heteroatoms. The molecule has 0 radical (unpaired) electrons. The number of hydrogen-bond acceptors (Lipinski definition) is 3. The number of Topliss-reactive ketones (excluding diaryl/α,β-unsaturated/α-hetero) is 1. The van der Waals surface area contributed by atoms with Gasteiger partial charge in [0.2, 0.25) is 5.91 Å². The Morgan fingerprint density at radius 2 is 1.85 bits per heavy atom. The zero-order valence-electron chi connectivity index (χ0n) is 11.8. The first-order valence-corrected chi connectivity index (χ1v) is 6.29. The minimum Gasteiger partial charge on any atom is -0.352 e. The fraction of sp³-hybridized carbons (Fsp3) is 0.357. The summed E-state index contributed by atoms with van der Waals surface area (Å²) in [6.45, 7) is 5.05. The van der Waals surface area contributed by atoms with Crippen molar-refractivity contribution in [2.24, 2.45) is 11.7 Å². The number of amides is 3. The average Bonchev–Trinajstić information content (AvgIpc) is 2.35. The predicted octanol–water partition coefficient (Wildman–Crippen LogP) is 1.52. The van der Waals surface area contributed by atoms with E-state index in [-0.39, 0.29) is 17.6 Å². The molecule has 4 N–H and O–H groups in total. The van der Waals surface area contributed by atoms with E-state index in [1.54, 1.807) is 38.1 Å². The van der Waals surface area contributed by atoms with Gasteiger partial charge in [0.15, 0.2) is 5.78 Å². The molecule has 0 saturated carbocycles. The quantitative estimate of drug-likeness (QED) is 0.711. The summed E-state index contributed by atoms with van der Waals surface area (Å²) in [5.41, 5.74) is 6.06. The summed E-state index contributed by atoms with van der Waals surface area (Å²) >= 11 is 0. The van der Waals surface area contributed by atoms with Gasteiger partial charge in [0.25, 0.3) is 0 Å². The zero-order chi connectivity index (χ0) is 15.3. The van der Waals surface area contributed by atoms with Crippen LogP contribution in [0.3, 0.4) is 0 Å². The lowest BCUT2D eigenvalue weighted by atomic mass is 10.0. The number of carbonyl (C=O) groups excluding carboxylic acids is 3. The van der Waals surface area contributed by atoms with Crippen LogP contribution in [0.5, 0.6) is 0 Å². The van der Waals surface area contributed by atoms with Crippen molar-refractivity contribution >= 4 is 23.4 Å². The summed E-state index contributed by atoms with van der Waals surface area (Å²) in [4.78, 5) is 34.3. The molecule has 0 bridgehead atoms. The number of carbonyl (C=O) groups is 3. The molecule has 1 aromatic carbocycles. The van der Waals surface area contributed by atoms with Gasteiger partial charge in [-0.1, -0.05) is 26.0 Å². The molecule has 0 aliphatic carbocycles. The van der Waals surface area contributed by atoms with Crippen LogP contribution in [-0.2, 0) is 4.79 Å². The highest BCUT2D eigenvalue weighted by Crippen LogP contribution is 2.13. The lowest BCUT2D eigenvalue weighted by Gasteiger charge is -2.20. The smallest absolute Gasteiger partial charge is 0.312 e. The molecular weight excluding hydrogens is 258 g/mol. The summed E-state index contributed by atoms with van der Waals surface area (Å²) in [6.07, 6.45) is 0. The monoisotopic (exact) mass is 277 g/mol. The molecule has 20 heavy (non-hydrogen) atoms. The SMILES string of the molecule is CC(=O)c1cccc(NC(=O)[C@H](NC(N)=O)C(C)C)c1. The highest BCUT2D eigenvalue weighted by atomic mass is 16.2. The second kappa shape index (κ2) is 6.70. The molecule has 3 amide bonds. The van der Waals surface area contributed by atoms with Crippen LogP contribution >= 0.6 is 0 Å². The van der Waals surface area contributed by atoms with Crippen LogP contribution in [0.15, 0.2) is 24.3 Å². The Morgan fingerprint density at radius 3 is 2.35 bits per heavy atom. The lowest BCUT2D eigenvalue weighted by Crippen LogP contribution is -2.49. The third kappa shape index (κ3) is 4.38. The van der Waals surface area contributed by atoms with Crippen LogP contribution in [0, 0.1) is 5.92 Å². The maximum absolute atomic E-state index is 12.1. The predicted molar refractivity (Wildman–Crippen MR) is 76.4 cm³/mol. The number of urea groups is 1. The Kier molecular flexibility index (Phi) is 5.25. The zero-order valence-corrected chi connectivity index (χ0v) is 11.8. The second-order valence-corrected chi connectivity index (χ2v) is 4.86. The number of nitrogens with one attached hydrogen (secondary N) is 2. The van der Waals surface area contributed by atoms with E-state index in [4.69, 9.17) is 5.73 Å². The number of anilines is 1. The second-order valence-electron chi connectivity index (χ2n) is 4.86. The van der Waals surface area contributed by atoms with Gasteiger partial charge in [0.1, 0.15) is 6.04 Å². The van der Waals surface area contributed by atoms with Gasteiger partial charge in [-0.05, 0) is 25.0 Å². The van der Waals surface area contributed by atoms with Gasteiger partial charge in [-0.2, -0.15) is 0 Å². The molecule has 0 aliphatic rings. The molecule has 1 aromatic rings. The molecule has 1 rings (SSSR count). The van der Waals surface area contributed by atoms with Crippen LogP contribution < -0.4 is 16.4 Å². The summed E-state index contributed by atoms with van der Waals surface area (Å²) in [7, 11) is 0. The first-order valence-electron chi connectivity index (χ1n) is 6.29. The molecule has 6 nitrogen and oxygen atoms in total. The number of hydrogen-bond donors (Lipinski definition) is 3. The molecule has 0 aliphatic heterocycles. The van der Waals surface area contributed by atoms with Crippen molar-refractivity contribution in [2.75, 3.05) is 5.32 Å². The molecule has 108 valence electrons. The summed E-state index contributed by atoms with van der Waals surface area (Å²) in [5.74, 6) is -0.574. The number of primary amides is 1. The highest BCUT2D eigenvalue weighted by molar-refractivity contribution is 5.99. The normalized spacial score (nSPS) is 11.8. The van der Waals surface area contributed by atoms with Crippen LogP contribution in [0.2, 0.25) is 0 Å². The van der Waals surface area contributed by atoms with Gasteiger partial charge in [0, 0.05) is 11.3 Å². The molecule has 0 unspecified atom stereocenters. The van der Waals surface area contributed by atoms with E-state index in [0.29, 0.717) is 11.3 Å². The van der Waals surface area contributed by atoms with Crippen molar-refractivity contribution in [1.29, 1.82) is 0 Å². The van der Waals surface area contributed by atoms with Gasteiger partial charge >= 0.3 is 6.03 Å². The highest BCUT2D eigenvalue weighted by Gasteiger charge is 2.23. The van der Waals surface area contributed by atoms with E-state index in [1.165, 1.54) is 6.92 Å². The Morgan fingerprint density at radius 1 is 1.20 bits per heavy atom. The standard InChI is InChI=1S/C14H19N3O3/c1-8(2)12(17-14(15)20)13(19)16-11-6-4-5-10(7-11)9(3)18/h4-8,12H,1-3H3,(H,16,19)(H3,15,17,20)/t12-/m1/s1. The van der Waals surface area contributed by atoms with E-state index in [9.17, 15) is 14.4 Å². The van der Waals surface area contributed by atoms with E-state index in [0.717, 1.165) is 0 Å². The fourth-order valence-electron chi connectivity index (χ4n) is 1.72. The fourth-order valence-corrected chi connectivity index (χ4v) is 1.72. The Balaban J connectivity index is 2.85. The summed E-state index contributed by atoms with van der Waals surface area (Å²) < 4.78 is 0. The molecule has 0 fully saturated rings. The number of benzene rings is 1. The number of rotatable bonds is 5.